The van der Waals surface area contributed by atoms with Crippen molar-refractivity contribution >= 4 is 5.91 Å². The topological polar surface area (TPSA) is 53.4 Å². The number of aromatic nitrogens is 1. The van der Waals surface area contributed by atoms with Gasteiger partial charge in [-0.2, -0.15) is 0 Å². The number of rotatable bonds is 3. The number of carbonyl (C=O) groups excluding carboxylic acids is 1. The van der Waals surface area contributed by atoms with Crippen LogP contribution in [0.2, 0.25) is 0 Å². The average molecular weight is 425 g/mol. The summed E-state index contributed by atoms with van der Waals surface area (Å²) in [4.78, 5) is 19.9. The van der Waals surface area contributed by atoms with Gasteiger partial charge in [-0.15, -0.1) is 0 Å². The van der Waals surface area contributed by atoms with Gasteiger partial charge in [-0.25, -0.2) is 0 Å². The van der Waals surface area contributed by atoms with Gasteiger partial charge in [-0.1, -0.05) is 13.0 Å². The van der Waals surface area contributed by atoms with Gasteiger partial charge in [0.05, 0.1) is 17.8 Å². The van der Waals surface area contributed by atoms with E-state index < -0.39 is 5.60 Å². The highest BCUT2D eigenvalue weighted by atomic mass is 16.3. The molecule has 1 amide bonds. The smallest absolute Gasteiger partial charge is 0.226 e. The molecular weight excluding hydrogens is 384 g/mol. The van der Waals surface area contributed by atoms with Gasteiger partial charge < -0.3 is 10.0 Å². The van der Waals surface area contributed by atoms with Crippen LogP contribution >= 0.6 is 0 Å². The number of amides is 1. The summed E-state index contributed by atoms with van der Waals surface area (Å²) >= 11 is 0. The van der Waals surface area contributed by atoms with Gasteiger partial charge in [-0.3, -0.25) is 9.78 Å². The van der Waals surface area contributed by atoms with Crippen molar-refractivity contribution in [2.45, 2.75) is 83.8 Å². The molecule has 8 atom stereocenters. The maximum Gasteiger partial charge on any atom is 0.226 e. The van der Waals surface area contributed by atoms with Crippen LogP contribution < -0.4 is 0 Å². The molecule has 0 radical (unpaired) electrons. The van der Waals surface area contributed by atoms with E-state index in [0.717, 1.165) is 48.6 Å². The lowest BCUT2D eigenvalue weighted by Gasteiger charge is -2.57. The molecule has 0 saturated heterocycles. The minimum Gasteiger partial charge on any atom is -0.390 e. The molecule has 0 bridgehead atoms. The second-order valence-electron chi connectivity index (χ2n) is 11.9. The van der Waals surface area contributed by atoms with Crippen LogP contribution in [0.1, 0.15) is 77.3 Å². The largest absolute Gasteiger partial charge is 0.390 e. The maximum absolute atomic E-state index is 13.5. The summed E-state index contributed by atoms with van der Waals surface area (Å²) in [5, 5.41) is 10.6. The second kappa shape index (κ2) is 7.86. The molecular formula is C27H40N2O2. The highest BCUT2D eigenvalue weighted by molar-refractivity contribution is 5.80. The first-order valence-electron chi connectivity index (χ1n) is 12.7. The molecule has 31 heavy (non-hydrogen) atoms. The molecule has 4 aliphatic carbocycles. The third-order valence-corrected chi connectivity index (χ3v) is 10.0. The average Bonchev–Trinajstić information content (AvgIpc) is 3.10. The highest BCUT2D eigenvalue weighted by Gasteiger charge is 2.59. The molecule has 0 aliphatic heterocycles. The Morgan fingerprint density at radius 3 is 2.65 bits per heavy atom. The Morgan fingerprint density at radius 2 is 1.87 bits per heavy atom. The van der Waals surface area contributed by atoms with Gasteiger partial charge in [0.25, 0.3) is 0 Å². The van der Waals surface area contributed by atoms with Crippen LogP contribution in [0.3, 0.4) is 0 Å². The minimum atomic E-state index is -0.444. The van der Waals surface area contributed by atoms with Gasteiger partial charge in [0.15, 0.2) is 0 Å². The fourth-order valence-corrected chi connectivity index (χ4v) is 8.57. The fraction of sp³-hybridized carbons (Fsp3) is 0.778. The number of nitrogens with zero attached hydrogens (tertiary/aromatic N) is 2. The van der Waals surface area contributed by atoms with Crippen LogP contribution in [-0.4, -0.2) is 33.5 Å². The normalized spacial score (nSPS) is 44.1. The predicted molar refractivity (Wildman–Crippen MR) is 122 cm³/mol. The molecule has 1 heterocycles. The number of aliphatic hydroxyl groups is 1. The van der Waals surface area contributed by atoms with Crippen LogP contribution in [0.5, 0.6) is 0 Å². The molecule has 4 saturated carbocycles. The van der Waals surface area contributed by atoms with E-state index in [4.69, 9.17) is 0 Å². The van der Waals surface area contributed by atoms with Crippen molar-refractivity contribution in [2.24, 2.45) is 40.9 Å². The van der Waals surface area contributed by atoms with Crippen molar-refractivity contribution in [1.82, 2.24) is 9.88 Å². The van der Waals surface area contributed by atoms with Gasteiger partial charge >= 0.3 is 0 Å². The Bertz CT molecular complexity index is 809. The zero-order valence-corrected chi connectivity index (χ0v) is 19.6. The van der Waals surface area contributed by atoms with Crippen LogP contribution in [0.15, 0.2) is 24.4 Å². The van der Waals surface area contributed by atoms with Crippen molar-refractivity contribution in [2.75, 3.05) is 7.05 Å². The Hall–Kier alpha value is -1.42. The standard InChI is InChI=1S/C27H40N2O2/c1-26(31)13-11-20-18(16-26)7-8-22-21(20)12-14-27(2)23(22)9-10-24(27)25(30)29(3)17-19-6-4-5-15-28-19/h4-6,15,18,20-24,31H,7-14,16-17H2,1-3H3/t18-,20+,21-,22-,23+,24-,26-,27+/m1/s1. The van der Waals surface area contributed by atoms with Gasteiger partial charge in [0.2, 0.25) is 5.91 Å². The summed E-state index contributed by atoms with van der Waals surface area (Å²) in [6.45, 7) is 5.09. The molecule has 4 nitrogen and oxygen atoms in total. The number of hydrogen-bond donors (Lipinski definition) is 1. The lowest BCUT2D eigenvalue weighted by atomic mass is 9.49. The van der Waals surface area contributed by atoms with Crippen LogP contribution in [0.25, 0.3) is 0 Å². The van der Waals surface area contributed by atoms with E-state index in [-0.39, 0.29) is 11.3 Å². The highest BCUT2D eigenvalue weighted by Crippen LogP contribution is 2.64. The van der Waals surface area contributed by atoms with E-state index >= 15 is 0 Å². The number of hydrogen-bond acceptors (Lipinski definition) is 3. The predicted octanol–water partition coefficient (Wildman–Crippen LogP) is 5.06. The van der Waals surface area contributed by atoms with Crippen molar-refractivity contribution in [3.05, 3.63) is 30.1 Å². The summed E-state index contributed by atoms with van der Waals surface area (Å²) in [5.41, 5.74) is 0.678. The first-order valence-corrected chi connectivity index (χ1v) is 12.7. The zero-order valence-electron chi connectivity index (χ0n) is 19.6. The summed E-state index contributed by atoms with van der Waals surface area (Å²) < 4.78 is 0. The molecule has 0 aromatic carbocycles. The molecule has 4 heteroatoms. The molecule has 170 valence electrons. The second-order valence-corrected chi connectivity index (χ2v) is 11.9. The van der Waals surface area contributed by atoms with Gasteiger partial charge in [-0.05, 0) is 112 Å². The number of fused-ring (bicyclic) bond motifs is 5. The third kappa shape index (κ3) is 3.73. The lowest BCUT2D eigenvalue weighted by molar-refractivity contribution is -0.143. The molecule has 4 aliphatic rings. The number of pyridine rings is 1. The molecule has 1 aromatic rings. The molecule has 1 N–H and O–H groups in total. The van der Waals surface area contributed by atoms with Crippen molar-refractivity contribution in [1.29, 1.82) is 0 Å². The third-order valence-electron chi connectivity index (χ3n) is 10.0. The zero-order chi connectivity index (χ0) is 21.8. The van der Waals surface area contributed by atoms with Crippen molar-refractivity contribution in [3.63, 3.8) is 0 Å². The van der Waals surface area contributed by atoms with Gasteiger partial charge in [0.1, 0.15) is 0 Å². The molecule has 0 unspecified atom stereocenters. The van der Waals surface area contributed by atoms with E-state index in [1.807, 2.05) is 43.3 Å². The molecule has 1 aromatic heterocycles. The fourth-order valence-electron chi connectivity index (χ4n) is 8.57. The maximum atomic E-state index is 13.5. The monoisotopic (exact) mass is 424 g/mol. The first kappa shape index (κ1) is 21.4. The Labute approximate surface area is 187 Å². The van der Waals surface area contributed by atoms with E-state index in [2.05, 4.69) is 11.9 Å². The summed E-state index contributed by atoms with van der Waals surface area (Å²) in [5.74, 6) is 4.35. The Morgan fingerprint density at radius 1 is 1.06 bits per heavy atom. The quantitative estimate of drug-likeness (QED) is 0.738. The van der Waals surface area contributed by atoms with Crippen molar-refractivity contribution < 1.29 is 9.90 Å². The number of carbonyl (C=O) groups is 1. The first-order chi connectivity index (χ1) is 14.8. The minimum absolute atomic E-state index is 0.156. The van der Waals surface area contributed by atoms with E-state index in [0.29, 0.717) is 18.4 Å². The Kier molecular flexibility index (Phi) is 5.44. The SMILES string of the molecule is CN(Cc1ccccn1)C(=O)[C@H]1CC[C@H]2[C@@H]3CC[C@@H]4C[C@](C)(O)CC[C@@H]4[C@H]3CC[C@]12C. The van der Waals surface area contributed by atoms with Gasteiger partial charge in [0, 0.05) is 19.2 Å². The lowest BCUT2D eigenvalue weighted by Crippen LogP contribution is -2.51. The van der Waals surface area contributed by atoms with Crippen LogP contribution in [0, 0.1) is 40.9 Å². The summed E-state index contributed by atoms with van der Waals surface area (Å²) in [6, 6.07) is 5.93. The van der Waals surface area contributed by atoms with E-state index in [1.165, 1.54) is 38.5 Å². The molecule has 4 fully saturated rings. The van der Waals surface area contributed by atoms with Crippen molar-refractivity contribution in [3.8, 4) is 0 Å². The Balaban J connectivity index is 1.29. The summed E-state index contributed by atoms with van der Waals surface area (Å²) in [7, 11) is 1.96. The molecule has 0 spiro atoms. The van der Waals surface area contributed by atoms with Crippen LogP contribution in [-0.2, 0) is 11.3 Å². The van der Waals surface area contributed by atoms with E-state index in [1.54, 1.807) is 0 Å². The van der Waals surface area contributed by atoms with E-state index in [9.17, 15) is 9.90 Å². The summed E-state index contributed by atoms with van der Waals surface area (Å²) in [6.07, 6.45) is 12.3. The molecule has 5 rings (SSSR count). The van der Waals surface area contributed by atoms with Crippen LogP contribution in [0.4, 0.5) is 0 Å².